The molecule has 0 fully saturated rings. The third-order valence-corrected chi connectivity index (χ3v) is 22.4. The van der Waals surface area contributed by atoms with E-state index in [0.717, 1.165) is 66.6 Å². The van der Waals surface area contributed by atoms with E-state index in [4.69, 9.17) is 59.8 Å². The fourth-order valence-electron chi connectivity index (χ4n) is 14.7. The highest BCUT2D eigenvalue weighted by Gasteiger charge is 2.43. The second kappa shape index (κ2) is 64.2. The number of carbonyl (C=O) groups excluding carboxylic acids is 11. The van der Waals surface area contributed by atoms with Crippen LogP contribution in [0, 0.1) is 19.7 Å². The van der Waals surface area contributed by atoms with Crippen LogP contribution in [0.15, 0.2) is 115 Å². The summed E-state index contributed by atoms with van der Waals surface area (Å²) >= 11 is 0. The number of rotatable bonds is 71. The molecule has 5 aromatic carbocycles. The van der Waals surface area contributed by atoms with Crippen molar-refractivity contribution in [1.82, 2.24) is 88.8 Å². The van der Waals surface area contributed by atoms with Crippen LogP contribution in [0.1, 0.15) is 124 Å². The van der Waals surface area contributed by atoms with Crippen molar-refractivity contribution < 1.29 is 130 Å². The Bertz CT molecular complexity index is 5190. The van der Waals surface area contributed by atoms with E-state index in [0.29, 0.717) is 167 Å². The molecule has 11 atom stereocenters. The number of aliphatic hydroxyl groups excluding tert-OH is 3. The van der Waals surface area contributed by atoms with Crippen LogP contribution in [0.2, 0.25) is 0 Å². The van der Waals surface area contributed by atoms with Gasteiger partial charge >= 0.3 is 5.97 Å². The fraction of sp³-hybridized carbons (Fsp3) is 0.536. The number of carbonyl (C=O) groups is 12. The quantitative estimate of drug-likeness (QED) is 0.0196. The maximum atomic E-state index is 15.6. The van der Waals surface area contributed by atoms with Crippen LogP contribution in [-0.2, 0) is 147 Å². The van der Waals surface area contributed by atoms with E-state index in [2.05, 4.69) is 84.1 Å². The number of unbranched alkanes of at least 4 members (excludes halogenated alkanes) is 1. The van der Waals surface area contributed by atoms with Gasteiger partial charge in [0.2, 0.25) is 65.0 Å². The number of primary amides is 1. The Morgan fingerprint density at radius 1 is 0.545 bits per heavy atom. The summed E-state index contributed by atoms with van der Waals surface area (Å²) in [4.78, 5) is 168. The maximum absolute atomic E-state index is 15.6. The SMILES string of the molecule is CCc1cc(OCCCCn2cc(COCCOCCOCCOCCOCCOCCOCCOCCN)nn2)ccc1-c1ccc(C[C@H](NC(=O)[C@H](CC(=O)O)NC(=O)[C@H](CO)NC(=O)[C@@H](NC(=O)[C@](C)(Cc2ccccc2F)NC(=O)[C@@H](NC(=O)CNC(=O)[C@H](Cc2nn[nH]n2)NC(=O)C(C)(C)NC(=O)[C@@H](N)Cc2ccc(O)cc2)[C@@H](C)O)[C@@H](C)O)C(=O)N[C@@H](CCCc2cc(C)cc(C)c2)C(N)=O)cc1.S. The van der Waals surface area contributed by atoms with Crippen molar-refractivity contribution in [2.45, 2.75) is 211 Å². The molecule has 0 bridgehead atoms. The molecule has 22 N–H and O–H groups in total. The van der Waals surface area contributed by atoms with Crippen LogP contribution in [0.4, 0.5) is 4.39 Å². The van der Waals surface area contributed by atoms with Crippen molar-refractivity contribution >= 4 is 84.4 Å². The van der Waals surface area contributed by atoms with Gasteiger partial charge in [-0.1, -0.05) is 107 Å². The molecule has 0 saturated carbocycles. The number of tetrazole rings is 1. The largest absolute Gasteiger partial charge is 0.508 e. The number of aliphatic hydroxyl groups is 3. The Labute approximate surface area is 847 Å². The van der Waals surface area contributed by atoms with E-state index in [9.17, 15) is 83.1 Å². The van der Waals surface area contributed by atoms with Crippen LogP contribution in [-0.4, -0.2) is 329 Å². The first-order valence-corrected chi connectivity index (χ1v) is 47.5. The number of benzene rings is 5. The van der Waals surface area contributed by atoms with Gasteiger partial charge in [-0.25, -0.2) is 4.39 Å². The van der Waals surface area contributed by atoms with Crippen molar-refractivity contribution in [3.05, 3.63) is 172 Å². The molecule has 0 unspecified atom stereocenters. The van der Waals surface area contributed by atoms with Gasteiger partial charge in [0.05, 0.1) is 156 Å². The molecule has 0 aliphatic heterocycles. The highest BCUT2D eigenvalue weighted by Crippen LogP contribution is 2.30. The van der Waals surface area contributed by atoms with Crippen LogP contribution in [0.25, 0.3) is 11.1 Å². The van der Waals surface area contributed by atoms with Crippen LogP contribution in [0.5, 0.6) is 11.5 Å². The van der Waals surface area contributed by atoms with Crippen molar-refractivity contribution in [3.63, 3.8) is 0 Å². The van der Waals surface area contributed by atoms with E-state index in [1.807, 2.05) is 63.4 Å². The van der Waals surface area contributed by atoms with E-state index in [-0.39, 0.29) is 56.5 Å². The molecule has 0 aliphatic carbocycles. The molecular formula is C97H141FN20O26S. The lowest BCUT2D eigenvalue weighted by molar-refractivity contribution is -0.142. The van der Waals surface area contributed by atoms with Crippen LogP contribution >= 0.6 is 13.5 Å². The lowest BCUT2D eigenvalue weighted by Gasteiger charge is -2.34. The second-order valence-electron chi connectivity index (χ2n) is 35.0. The predicted octanol–water partition coefficient (Wildman–Crippen LogP) is -1.34. The van der Waals surface area contributed by atoms with Crippen molar-refractivity contribution in [3.8, 4) is 22.6 Å². The highest BCUT2D eigenvalue weighted by atomic mass is 32.1. The number of nitrogens with two attached hydrogens (primary N) is 3. The number of hydrogen-bond donors (Lipinski definition) is 19. The number of H-pyrrole nitrogens is 1. The average Bonchev–Trinajstić information content (AvgIpc) is 0.984. The van der Waals surface area contributed by atoms with E-state index >= 15 is 4.39 Å². The van der Waals surface area contributed by atoms with Gasteiger partial charge in [0.25, 0.3) is 0 Å². The molecular weight excluding hydrogens is 1910 g/mol. The number of aryl methyl sites for hydroxylation is 5. The number of carboxylic acids is 1. The Morgan fingerprint density at radius 3 is 1.66 bits per heavy atom. The number of halogens is 1. The average molecular weight is 2050 g/mol. The number of nitrogens with zero attached hydrogens (tertiary/aromatic N) is 6. The van der Waals surface area contributed by atoms with Gasteiger partial charge < -0.3 is 139 Å². The number of carboxylic acid groups (broad SMARTS) is 1. The van der Waals surface area contributed by atoms with Crippen LogP contribution in [0.3, 0.4) is 0 Å². The van der Waals surface area contributed by atoms with Crippen molar-refractivity contribution in [2.75, 3.05) is 125 Å². The molecule has 46 nitrogen and oxygen atoms in total. The van der Waals surface area contributed by atoms with Gasteiger partial charge in [0.1, 0.15) is 76.4 Å². The summed E-state index contributed by atoms with van der Waals surface area (Å²) in [5.74, 6) is -14.5. The first-order chi connectivity index (χ1) is 68.9. The maximum Gasteiger partial charge on any atom is 0.305 e. The number of aliphatic carboxylic acids is 1. The number of nitrogens with one attached hydrogen (secondary N) is 11. The number of phenols is 1. The summed E-state index contributed by atoms with van der Waals surface area (Å²) in [7, 11) is 0. The van der Waals surface area contributed by atoms with E-state index in [1.165, 1.54) is 44.2 Å². The standard InChI is InChI=1S/C97H139FN20O26.H2S/c1-9-67-52-72(144-31-13-12-30-118-57-70(112-117-118)59-143-46-45-142-44-43-141-42-41-140-40-39-139-38-37-138-36-35-137-34-33-136-32-29-99)27-28-73(67)68-23-19-65(20-24-68)51-77(89(129)103-76(86(101)126)18-14-15-66-48-60(2)47-61(3)49-66)104-90(130)79(54-83(124)125)105-91(131)80(58-119)106-92(132)84(62(4)120)109-95(135)97(8,55-69-16-10-11-17-74(69)98)111-93(133)85(63(5)121)108-82(123)56-102-88(128)78(53-81-113-115-116-114-81)107-94(134)96(6,7)110-87(127)75(100)50-64-21-25-71(122)26-22-64;/h10-11,16-17,19-28,47-49,52,57,62-63,75-80,84-85,119-122H,9,12-15,18,29-46,50-51,53-56,58-59,99-100H2,1-8H3,(H2,101,126)(H,102,128)(H,103,129)(H,104,130)(H,105,131)(H,106,132)(H,107,134)(H,108,123)(H,109,135)(H,110,127)(H,111,133)(H,124,125)(H,113,114,115,116);1H2/t62-,63-,75+,76+,77+,78+,79+,80+,84+,85+,97+;/m1./s1. The molecule has 0 radical (unpaired) electrons. The summed E-state index contributed by atoms with van der Waals surface area (Å²) in [6, 6.07) is 15.5. The summed E-state index contributed by atoms with van der Waals surface area (Å²) in [6.45, 7) is 17.8. The van der Waals surface area contributed by atoms with Gasteiger partial charge in [-0.05, 0) is 163 Å². The number of aromatic nitrogens is 7. The van der Waals surface area contributed by atoms with E-state index < -0.39 is 181 Å². The number of phenolic OH excluding ortho intramolecular Hbond substituents is 1. The number of hydrogen-bond acceptors (Lipinski definition) is 32. The van der Waals surface area contributed by atoms with E-state index in [1.54, 1.807) is 41.1 Å². The molecule has 48 heteroatoms. The summed E-state index contributed by atoms with van der Waals surface area (Å²) in [6.07, 6.45) is -1.60. The summed E-state index contributed by atoms with van der Waals surface area (Å²) < 4.78 is 67.7. The van der Waals surface area contributed by atoms with Gasteiger partial charge in [-0.2, -0.15) is 18.7 Å². The Hall–Kier alpha value is -12.7. The zero-order chi connectivity index (χ0) is 105. The normalized spacial score (nSPS) is 13.9. The molecule has 11 amide bonds. The topological polar surface area (TPSA) is 673 Å². The van der Waals surface area contributed by atoms with Gasteiger partial charge in [-0.15, -0.1) is 15.3 Å². The smallest absolute Gasteiger partial charge is 0.305 e. The second-order valence-corrected chi connectivity index (χ2v) is 35.0. The number of amides is 11. The first kappa shape index (κ1) is 121. The summed E-state index contributed by atoms with van der Waals surface area (Å²) in [5.41, 5.74) is 20.3. The zero-order valence-electron chi connectivity index (χ0n) is 83.0. The van der Waals surface area contributed by atoms with Gasteiger partial charge in [0.15, 0.2) is 5.82 Å². The third kappa shape index (κ3) is 44.0. The minimum absolute atomic E-state index is 0. The lowest BCUT2D eigenvalue weighted by Crippen LogP contribution is -2.67. The molecule has 0 saturated heterocycles. The molecule has 145 heavy (non-hydrogen) atoms. The predicted molar refractivity (Wildman–Crippen MR) is 528 cm³/mol. The van der Waals surface area contributed by atoms with Gasteiger partial charge in [-0.3, -0.25) is 62.2 Å². The van der Waals surface area contributed by atoms with Gasteiger partial charge in [0, 0.05) is 32.4 Å². The molecule has 7 rings (SSSR count). The zero-order valence-corrected chi connectivity index (χ0v) is 84.0. The minimum Gasteiger partial charge on any atom is -0.508 e. The minimum atomic E-state index is -2.43. The first-order valence-electron chi connectivity index (χ1n) is 47.5. The molecule has 0 aliphatic rings. The Morgan fingerprint density at radius 2 is 1.09 bits per heavy atom. The molecule has 2 aromatic heterocycles. The fourth-order valence-corrected chi connectivity index (χ4v) is 14.7. The highest BCUT2D eigenvalue weighted by molar-refractivity contribution is 7.59. The molecule has 0 spiro atoms. The lowest BCUT2D eigenvalue weighted by atomic mass is 9.90. The molecule has 2 heterocycles. The van der Waals surface area contributed by atoms with Crippen molar-refractivity contribution in [2.24, 2.45) is 17.2 Å². The monoisotopic (exact) mass is 2050 g/mol. The molecule has 7 aromatic rings. The number of aromatic amines is 1. The number of aromatic hydroxyl groups is 1. The molecule has 798 valence electrons. The Kier molecular flexibility index (Phi) is 53.6. The third-order valence-electron chi connectivity index (χ3n) is 22.4. The number of ether oxygens (including phenoxy) is 9. The summed E-state index contributed by atoms with van der Waals surface area (Å²) in [5, 5.41) is 98.3. The van der Waals surface area contributed by atoms with Crippen molar-refractivity contribution in [1.29, 1.82) is 0 Å². The van der Waals surface area contributed by atoms with Crippen LogP contribution < -0.4 is 75.1 Å². The Balaban J connectivity index is 0.0000321.